The van der Waals surface area contributed by atoms with Crippen molar-refractivity contribution in [3.05, 3.63) is 283 Å². The molecule has 0 saturated heterocycles. The number of non-ortho nitro benzene ring substituents is 5. The van der Waals surface area contributed by atoms with Gasteiger partial charge in [-0.15, -0.1) is 30.7 Å². The Morgan fingerprint density at radius 2 is 0.647 bits per heavy atom. The summed E-state index contributed by atoms with van der Waals surface area (Å²) in [5.74, 6) is -3.03. The van der Waals surface area contributed by atoms with Crippen molar-refractivity contribution in [2.24, 2.45) is 50.9 Å². The predicted molar refractivity (Wildman–Crippen MR) is 412 cm³/mol. The summed E-state index contributed by atoms with van der Waals surface area (Å²) in [5, 5.41) is 168. The zero-order valence-electron chi connectivity index (χ0n) is 57.4. The second-order valence-corrected chi connectivity index (χ2v) is 26.6. The van der Waals surface area contributed by atoms with Gasteiger partial charge in [-0.25, -0.2) is 0 Å². The van der Waals surface area contributed by atoms with Crippen LogP contribution in [-0.2, 0) is 55.0 Å². The number of nitrogens with zero attached hydrogens (tertiary/aromatic N) is 15. The van der Waals surface area contributed by atoms with Crippen LogP contribution in [0.15, 0.2) is 267 Å². The number of halogens is 3. The molecule has 0 fully saturated rings. The largest absolute Gasteiger partial charge is 0.507 e. The van der Waals surface area contributed by atoms with E-state index in [1.165, 1.54) is 91.3 Å². The molecule has 0 heterocycles. The zero-order valence-corrected chi connectivity index (χ0v) is 63.9. The van der Waals surface area contributed by atoms with E-state index < -0.39 is 77.5 Å². The van der Waals surface area contributed by atoms with Crippen molar-refractivity contribution in [3.63, 3.8) is 0 Å². The number of phenolic OH excluding ortho intramolecular Hbond substituents is 8. The van der Waals surface area contributed by atoms with Crippen LogP contribution in [0.5, 0.6) is 46.0 Å². The van der Waals surface area contributed by atoms with Gasteiger partial charge in [0.25, 0.3) is 48.7 Å². The smallest absolute Gasteiger partial charge is 0.298 e. The average molecular weight is 1760 g/mol. The monoisotopic (exact) mass is 1750 g/mol. The molecular weight excluding hydrogens is 1710 g/mol. The molecule has 0 radical (unpaired) electrons. The van der Waals surface area contributed by atoms with Crippen LogP contribution < -0.4 is 0 Å². The maximum atomic E-state index is 11.3. The van der Waals surface area contributed by atoms with Crippen LogP contribution >= 0.6 is 34.8 Å². The molecule has 116 heavy (non-hydrogen) atoms. The van der Waals surface area contributed by atoms with E-state index in [1.807, 2.05) is 12.1 Å². The molecule has 12 aromatic rings. The number of fused-ring (bicyclic) bond motifs is 2. The molecule has 0 aromatic heterocycles. The number of benzene rings is 12. The Morgan fingerprint density at radius 1 is 0.319 bits per heavy atom. The van der Waals surface area contributed by atoms with Gasteiger partial charge >= 0.3 is 0 Å². The van der Waals surface area contributed by atoms with Gasteiger partial charge < -0.3 is 40.9 Å². The van der Waals surface area contributed by atoms with E-state index in [0.29, 0.717) is 28.2 Å². The molecule has 590 valence electrons. The van der Waals surface area contributed by atoms with Crippen LogP contribution in [0.3, 0.4) is 0 Å². The Hall–Kier alpha value is -13.9. The molecule has 12 aromatic carbocycles. The molecule has 0 unspecified atom stereocenters. The van der Waals surface area contributed by atoms with Crippen LogP contribution in [0, 0.1) is 50.6 Å². The van der Waals surface area contributed by atoms with Gasteiger partial charge in [-0.3, -0.25) is 69.7 Å². The van der Waals surface area contributed by atoms with Gasteiger partial charge in [-0.2, -0.15) is 27.1 Å². The van der Waals surface area contributed by atoms with Gasteiger partial charge in [-0.1, -0.05) is 95.5 Å². The Labute approximate surface area is 685 Å². The van der Waals surface area contributed by atoms with Crippen molar-refractivity contribution in [3.8, 4) is 46.0 Å². The van der Waals surface area contributed by atoms with Crippen molar-refractivity contribution < 1.29 is 126 Å². The summed E-state index contributed by atoms with van der Waals surface area (Å²) < 4.78 is 63.5. The molecule has 0 aliphatic heterocycles. The van der Waals surface area contributed by atoms with Gasteiger partial charge in [0.2, 0.25) is 0 Å². The number of hydrogen-bond donors (Lipinski definition) is 10. The van der Waals surface area contributed by atoms with Gasteiger partial charge in [0.1, 0.15) is 89.8 Å². The van der Waals surface area contributed by atoms with Crippen molar-refractivity contribution in [1.82, 2.24) is 0 Å². The number of aromatic hydroxyl groups is 8. The third-order valence-corrected chi connectivity index (χ3v) is 17.5. The summed E-state index contributed by atoms with van der Waals surface area (Å²) in [5.41, 5.74) is -0.957. The average Bonchev–Trinajstić information content (AvgIpc) is 0.793. The molecule has 46 heteroatoms. The van der Waals surface area contributed by atoms with Crippen LogP contribution in [0.1, 0.15) is 11.1 Å². The van der Waals surface area contributed by atoms with Gasteiger partial charge in [0.05, 0.1) is 46.0 Å². The number of aliphatic imine (C=N–C) groups is 2. The van der Waals surface area contributed by atoms with E-state index in [9.17, 15) is 108 Å². The number of rotatable bonds is 19. The quantitative estimate of drug-likeness (QED) is 0.0118. The minimum Gasteiger partial charge on any atom is -0.507 e. The van der Waals surface area contributed by atoms with E-state index in [2.05, 4.69) is 50.9 Å². The molecule has 0 aliphatic rings. The SMILES string of the molecule is O=S(=O)(O)c1cc(Cl)cc(N=Nc2c(O)ccc3ccccc23)c1O.O=[N+]([O-])c1cc(N=Nc2c(O)ccc3ccccc23)c(O)c(S(=O)(=O)O)c1.O=[N+]([O-])c1ccc(N=Nc2ccc(O)c(C=Nc3cc([N+](=O)[O-])ccc3O)c2)c(Cl)c1.O=[N+]([O-])c1ccc(N=Nc2ccc(O)c(C=Nc3cc([N+](=O)[O-])ccc3O)c2)c(Cl)c1.[Cr].[Cr]. The summed E-state index contributed by atoms with van der Waals surface area (Å²) >= 11 is 17.7. The van der Waals surface area contributed by atoms with E-state index in [1.54, 1.807) is 48.5 Å². The van der Waals surface area contributed by atoms with Gasteiger partial charge in [-0.05, 0) is 95.7 Å². The zero-order chi connectivity index (χ0) is 83.0. The fourth-order valence-electron chi connectivity index (χ4n) is 9.45. The molecule has 0 spiro atoms. The minimum absolute atomic E-state index is 0. The van der Waals surface area contributed by atoms with Crippen molar-refractivity contribution >= 4 is 174 Å². The predicted octanol–water partition coefficient (Wildman–Crippen LogP) is 19.9. The Bertz CT molecular complexity index is 6140. The van der Waals surface area contributed by atoms with Crippen LogP contribution in [0.4, 0.5) is 85.3 Å². The van der Waals surface area contributed by atoms with Crippen molar-refractivity contribution in [1.29, 1.82) is 0 Å². The fraction of sp³-hybridized carbons (Fsp3) is 0. The third kappa shape index (κ3) is 23.1. The molecule has 10 N–H and O–H groups in total. The first-order chi connectivity index (χ1) is 53.9. The second kappa shape index (κ2) is 39.0. The minimum atomic E-state index is -4.94. The van der Waals surface area contributed by atoms with Crippen molar-refractivity contribution in [2.75, 3.05) is 0 Å². The van der Waals surface area contributed by atoms with Crippen LogP contribution in [0.2, 0.25) is 15.1 Å². The van der Waals surface area contributed by atoms with E-state index in [4.69, 9.17) is 43.9 Å². The molecule has 39 nitrogen and oxygen atoms in total. The van der Waals surface area contributed by atoms with Gasteiger partial charge in [0.15, 0.2) is 11.5 Å². The first-order valence-electron chi connectivity index (χ1n) is 31.1. The van der Waals surface area contributed by atoms with E-state index >= 15 is 0 Å². The summed E-state index contributed by atoms with van der Waals surface area (Å²) in [6.07, 6.45) is 2.40. The Kier molecular flexibility index (Phi) is 30.0. The Morgan fingerprint density at radius 3 is 1.03 bits per heavy atom. The molecule has 0 atom stereocenters. The third-order valence-electron chi connectivity index (χ3n) is 15.0. The second-order valence-electron chi connectivity index (χ2n) is 22.5. The van der Waals surface area contributed by atoms with E-state index in [-0.39, 0.29) is 158 Å². The van der Waals surface area contributed by atoms with Crippen LogP contribution in [0.25, 0.3) is 21.5 Å². The molecule has 12 rings (SSSR count). The first-order valence-corrected chi connectivity index (χ1v) is 35.1. The number of hydrogen-bond acceptors (Lipinski definition) is 32. The number of azo groups is 4. The number of nitro benzene ring substituents is 5. The maximum Gasteiger partial charge on any atom is 0.298 e. The molecule has 0 aliphatic carbocycles. The summed E-state index contributed by atoms with van der Waals surface area (Å²) in [6, 6.07) is 46.1. The molecular formula is C70H46Cl3Cr2N15O24S2. The first kappa shape index (κ1) is 89.3. The number of phenols is 8. The maximum absolute atomic E-state index is 11.3. The fourth-order valence-corrected chi connectivity index (χ4v) is 11.4. The van der Waals surface area contributed by atoms with Crippen molar-refractivity contribution in [2.45, 2.75) is 9.79 Å². The van der Waals surface area contributed by atoms with Gasteiger partial charge in [0, 0.05) is 135 Å². The molecule has 0 amide bonds. The Balaban J connectivity index is 0.000000213. The topological polar surface area (TPSA) is 610 Å². The molecule has 0 saturated carbocycles. The summed E-state index contributed by atoms with van der Waals surface area (Å²) in [6.45, 7) is 0. The van der Waals surface area contributed by atoms with Crippen LogP contribution in [-0.4, -0.2) is 104 Å². The van der Waals surface area contributed by atoms with E-state index in [0.717, 1.165) is 71.4 Å². The molecule has 0 bridgehead atoms. The standard InChI is InChI=1S/2C19H12ClN5O6.C16H11ClN2O5S.C16H11N3O7S.2Cr/c2*20-15-8-13(24(28)29)2-4-16(15)23-22-12-1-5-18(26)11(7-12)10-21-17-9-14(25(30)31)3-6-19(17)27;17-10-7-12(16(21)14(8-10)25(22,23)24)18-19-15-11-4-2-1-3-9(11)5-6-13(15)20;20-13-6-5-9-3-1-2-4-11(9)15(13)18-17-12-7-10(19(22)23)8-14(16(12)21)27(24,25)26;;/h2*1-10,26-27H;1-8,20-21H,(H,22,23,24);1-8,20-21H,(H,24,25,26);;. The number of nitro groups is 5. The summed E-state index contributed by atoms with van der Waals surface area (Å²) in [4.78, 5) is 57.0. The normalized spacial score (nSPS) is 11.4. The summed E-state index contributed by atoms with van der Waals surface area (Å²) in [7, 11) is -9.63.